The van der Waals surface area contributed by atoms with E-state index in [1.807, 2.05) is 0 Å². The molecule has 0 atom stereocenters. The SMILES string of the molecule is C.Cc1[nH]n(C)c(=O)c1C(=O)c1ccc(S(C)(=O)=O)c(NCC2CC2)c1Cl. The number of anilines is 1. The van der Waals surface area contributed by atoms with E-state index in [1.165, 1.54) is 23.9 Å². The van der Waals surface area contributed by atoms with Gasteiger partial charge in [-0.1, -0.05) is 19.0 Å². The molecule has 0 bridgehead atoms. The second kappa shape index (κ2) is 7.52. The van der Waals surface area contributed by atoms with Crippen molar-refractivity contribution in [2.75, 3.05) is 18.1 Å². The predicted molar refractivity (Wildman–Crippen MR) is 107 cm³/mol. The smallest absolute Gasteiger partial charge is 0.277 e. The number of nitrogens with zero attached hydrogens (tertiary/aromatic N) is 1. The molecule has 2 aromatic rings. The summed E-state index contributed by atoms with van der Waals surface area (Å²) in [4.78, 5) is 25.1. The van der Waals surface area contributed by atoms with Gasteiger partial charge in [0, 0.05) is 31.1 Å². The molecular formula is C18H24ClN3O4S. The van der Waals surface area contributed by atoms with Crippen LogP contribution in [0.25, 0.3) is 0 Å². The zero-order valence-electron chi connectivity index (χ0n) is 14.7. The summed E-state index contributed by atoms with van der Waals surface area (Å²) in [6.07, 6.45) is 3.25. The average Bonchev–Trinajstić information content (AvgIpc) is 3.32. The number of carbonyl (C=O) groups is 1. The molecule has 0 unspecified atom stereocenters. The van der Waals surface area contributed by atoms with Gasteiger partial charge in [-0.2, -0.15) is 0 Å². The Kier molecular flexibility index (Phi) is 5.91. The van der Waals surface area contributed by atoms with Crippen molar-refractivity contribution in [1.82, 2.24) is 9.78 Å². The van der Waals surface area contributed by atoms with Gasteiger partial charge in [0.1, 0.15) is 5.56 Å². The van der Waals surface area contributed by atoms with Crippen molar-refractivity contribution in [3.8, 4) is 0 Å². The third kappa shape index (κ3) is 4.11. The molecule has 0 amide bonds. The predicted octanol–water partition coefficient (Wildman–Crippen LogP) is 2.77. The van der Waals surface area contributed by atoms with Gasteiger partial charge in [0.15, 0.2) is 9.84 Å². The number of hydrogen-bond acceptors (Lipinski definition) is 5. The molecule has 148 valence electrons. The van der Waals surface area contributed by atoms with E-state index in [9.17, 15) is 18.0 Å². The molecule has 2 N–H and O–H groups in total. The fourth-order valence-electron chi connectivity index (χ4n) is 2.86. The van der Waals surface area contributed by atoms with Crippen molar-refractivity contribution in [3.63, 3.8) is 0 Å². The molecule has 0 spiro atoms. The Bertz CT molecular complexity index is 1050. The van der Waals surface area contributed by atoms with E-state index in [-0.39, 0.29) is 34.2 Å². The van der Waals surface area contributed by atoms with Gasteiger partial charge in [-0.25, -0.2) is 8.42 Å². The number of aryl methyl sites for hydroxylation is 2. The van der Waals surface area contributed by atoms with Gasteiger partial charge in [0.25, 0.3) is 5.56 Å². The molecule has 0 aliphatic heterocycles. The monoisotopic (exact) mass is 413 g/mol. The summed E-state index contributed by atoms with van der Waals surface area (Å²) in [6.45, 7) is 2.21. The highest BCUT2D eigenvalue weighted by Gasteiger charge is 2.27. The van der Waals surface area contributed by atoms with Crippen LogP contribution in [0.4, 0.5) is 5.69 Å². The summed E-state index contributed by atoms with van der Waals surface area (Å²) in [7, 11) is -2.02. The van der Waals surface area contributed by atoms with Crippen LogP contribution >= 0.6 is 11.6 Å². The first-order chi connectivity index (χ1) is 12.1. The summed E-state index contributed by atoms with van der Waals surface area (Å²) < 4.78 is 25.4. The number of rotatable bonds is 6. The minimum absolute atomic E-state index is 0. The van der Waals surface area contributed by atoms with Crippen molar-refractivity contribution in [2.24, 2.45) is 13.0 Å². The summed E-state index contributed by atoms with van der Waals surface area (Å²) in [6, 6.07) is 2.71. The number of nitrogens with one attached hydrogen (secondary N) is 2. The Morgan fingerprint density at radius 1 is 1.37 bits per heavy atom. The third-order valence-corrected chi connectivity index (χ3v) is 6.00. The molecule has 1 heterocycles. The topological polar surface area (TPSA) is 101 Å². The Morgan fingerprint density at radius 2 is 2.00 bits per heavy atom. The van der Waals surface area contributed by atoms with Crippen molar-refractivity contribution in [3.05, 3.63) is 44.3 Å². The summed E-state index contributed by atoms with van der Waals surface area (Å²) in [5, 5.41) is 5.87. The van der Waals surface area contributed by atoms with Gasteiger partial charge in [-0.05, 0) is 37.8 Å². The fourth-order valence-corrected chi connectivity index (χ4v) is 4.10. The molecule has 7 nitrogen and oxygen atoms in total. The van der Waals surface area contributed by atoms with Crippen LogP contribution in [0.3, 0.4) is 0 Å². The van der Waals surface area contributed by atoms with E-state index < -0.39 is 21.2 Å². The molecule has 1 aliphatic carbocycles. The molecule has 1 saturated carbocycles. The minimum Gasteiger partial charge on any atom is -0.382 e. The third-order valence-electron chi connectivity index (χ3n) is 4.47. The van der Waals surface area contributed by atoms with Crippen LogP contribution in [-0.2, 0) is 16.9 Å². The number of sulfone groups is 1. The van der Waals surface area contributed by atoms with Crippen molar-refractivity contribution in [2.45, 2.75) is 32.1 Å². The van der Waals surface area contributed by atoms with E-state index in [1.54, 1.807) is 6.92 Å². The Labute approximate surface area is 163 Å². The number of aromatic amines is 1. The number of H-pyrrole nitrogens is 1. The number of halogens is 1. The molecular weight excluding hydrogens is 390 g/mol. The lowest BCUT2D eigenvalue weighted by atomic mass is 10.0. The zero-order valence-corrected chi connectivity index (χ0v) is 16.3. The standard InChI is InChI=1S/C17H20ClN3O4S.CH4/c1-9-13(17(23)21(2)20-9)16(22)11-6-7-12(26(3,24)25)15(14(11)18)19-8-10-4-5-10;/h6-7,10,19-20H,4-5,8H2,1-3H3;1H4. The van der Waals surface area contributed by atoms with E-state index in [4.69, 9.17) is 11.6 Å². The van der Waals surface area contributed by atoms with Crippen LogP contribution in [0.2, 0.25) is 5.02 Å². The molecule has 1 aromatic carbocycles. The van der Waals surface area contributed by atoms with Crippen LogP contribution < -0.4 is 10.9 Å². The summed E-state index contributed by atoms with van der Waals surface area (Å²) in [5.41, 5.74) is 0.283. The lowest BCUT2D eigenvalue weighted by Gasteiger charge is -2.15. The van der Waals surface area contributed by atoms with Gasteiger partial charge in [-0.15, -0.1) is 0 Å². The van der Waals surface area contributed by atoms with Gasteiger partial charge in [0.05, 0.1) is 15.6 Å². The largest absolute Gasteiger partial charge is 0.382 e. The van der Waals surface area contributed by atoms with Crippen molar-refractivity contribution >= 4 is 32.9 Å². The molecule has 1 aromatic heterocycles. The number of aromatic nitrogens is 2. The Balaban J connectivity index is 0.00000261. The quantitative estimate of drug-likeness (QED) is 0.709. The first-order valence-electron chi connectivity index (χ1n) is 8.18. The van der Waals surface area contributed by atoms with E-state index >= 15 is 0 Å². The maximum absolute atomic E-state index is 12.9. The molecule has 27 heavy (non-hydrogen) atoms. The molecule has 3 rings (SSSR count). The number of carbonyl (C=O) groups excluding carboxylic acids is 1. The average molecular weight is 414 g/mol. The normalized spacial score (nSPS) is 13.9. The fraction of sp³-hybridized carbons (Fsp3) is 0.444. The highest BCUT2D eigenvalue weighted by atomic mass is 35.5. The van der Waals surface area contributed by atoms with Crippen molar-refractivity contribution in [1.29, 1.82) is 0 Å². The van der Waals surface area contributed by atoms with Gasteiger partial charge in [-0.3, -0.25) is 19.4 Å². The van der Waals surface area contributed by atoms with Gasteiger partial charge >= 0.3 is 0 Å². The number of hydrogen-bond donors (Lipinski definition) is 2. The highest BCUT2D eigenvalue weighted by Crippen LogP contribution is 2.36. The lowest BCUT2D eigenvalue weighted by molar-refractivity contribution is 0.103. The van der Waals surface area contributed by atoms with Crippen LogP contribution in [0.1, 0.15) is 41.9 Å². The number of benzene rings is 1. The van der Waals surface area contributed by atoms with Crippen molar-refractivity contribution < 1.29 is 13.2 Å². The molecule has 1 fully saturated rings. The lowest BCUT2D eigenvalue weighted by Crippen LogP contribution is -2.20. The second-order valence-electron chi connectivity index (χ2n) is 6.70. The van der Waals surface area contributed by atoms with Crippen LogP contribution in [0.5, 0.6) is 0 Å². The second-order valence-corrected chi connectivity index (χ2v) is 9.06. The van der Waals surface area contributed by atoms with Crippen LogP contribution in [-0.4, -0.2) is 36.8 Å². The first kappa shape index (κ1) is 21.2. The molecule has 0 radical (unpaired) electrons. The maximum atomic E-state index is 12.9. The molecule has 0 saturated heterocycles. The van der Waals surface area contributed by atoms with E-state index in [0.717, 1.165) is 19.1 Å². The van der Waals surface area contributed by atoms with Crippen LogP contribution in [0.15, 0.2) is 21.8 Å². The first-order valence-corrected chi connectivity index (χ1v) is 10.4. The highest BCUT2D eigenvalue weighted by molar-refractivity contribution is 7.90. The summed E-state index contributed by atoms with van der Waals surface area (Å²) >= 11 is 6.41. The van der Waals surface area contributed by atoms with Crippen LogP contribution in [0, 0.1) is 12.8 Å². The molecule has 1 aliphatic rings. The summed E-state index contributed by atoms with van der Waals surface area (Å²) in [5.74, 6) is -0.0547. The van der Waals surface area contributed by atoms with Gasteiger partial charge < -0.3 is 5.32 Å². The maximum Gasteiger partial charge on any atom is 0.277 e. The zero-order chi connectivity index (χ0) is 19.2. The van der Waals surface area contributed by atoms with E-state index in [0.29, 0.717) is 18.2 Å². The van der Waals surface area contributed by atoms with Gasteiger partial charge in [0.2, 0.25) is 5.78 Å². The minimum atomic E-state index is -3.53. The Hall–Kier alpha value is -2.06. The molecule has 9 heteroatoms. The Morgan fingerprint density at radius 3 is 2.48 bits per heavy atom. The van der Waals surface area contributed by atoms with E-state index in [2.05, 4.69) is 10.4 Å². The number of ketones is 1.